The van der Waals surface area contributed by atoms with E-state index in [2.05, 4.69) is 54.1 Å². The Morgan fingerprint density at radius 2 is 1.69 bits per heavy atom. The molecule has 0 saturated heterocycles. The fraction of sp³-hybridized carbons (Fsp3) is 0.240. The third kappa shape index (κ3) is 3.58. The van der Waals surface area contributed by atoms with Crippen LogP contribution in [-0.2, 0) is 17.8 Å². The zero-order valence-electron chi connectivity index (χ0n) is 17.1. The average molecular weight is 386 g/mol. The molecule has 4 aromatic rings. The number of nitrogens with zero attached hydrogens (tertiary/aromatic N) is 1. The molecule has 1 N–H and O–H groups in total. The maximum Gasteiger partial charge on any atom is 0.265 e. The topological polar surface area (TPSA) is 43.3 Å². The number of ether oxygens (including phenoxy) is 1. The van der Waals surface area contributed by atoms with Gasteiger partial charge in [0.1, 0.15) is 5.75 Å². The molecule has 0 radical (unpaired) electrons. The second-order valence-electron chi connectivity index (χ2n) is 7.20. The first-order chi connectivity index (χ1) is 14.1. The van der Waals surface area contributed by atoms with Gasteiger partial charge in [-0.2, -0.15) is 0 Å². The van der Waals surface area contributed by atoms with Gasteiger partial charge >= 0.3 is 0 Å². The summed E-state index contributed by atoms with van der Waals surface area (Å²) in [5.74, 6) is 0.605. The molecule has 29 heavy (non-hydrogen) atoms. The maximum atomic E-state index is 12.7. The van der Waals surface area contributed by atoms with Gasteiger partial charge in [0.15, 0.2) is 6.10 Å². The number of hydrogen-bond donors (Lipinski definition) is 1. The van der Waals surface area contributed by atoms with Crippen LogP contribution in [0.1, 0.15) is 26.3 Å². The molecule has 1 heterocycles. The van der Waals surface area contributed by atoms with Crippen LogP contribution >= 0.6 is 0 Å². The minimum atomic E-state index is -0.588. The zero-order valence-corrected chi connectivity index (χ0v) is 17.1. The third-order valence-corrected chi connectivity index (χ3v) is 5.38. The molecular weight excluding hydrogens is 360 g/mol. The molecule has 1 atom stereocenters. The van der Waals surface area contributed by atoms with E-state index in [4.69, 9.17) is 4.74 Å². The predicted molar refractivity (Wildman–Crippen MR) is 120 cm³/mol. The van der Waals surface area contributed by atoms with E-state index >= 15 is 0 Å². The number of aromatic nitrogens is 1. The second-order valence-corrected chi connectivity index (χ2v) is 7.20. The molecule has 4 nitrogen and oxygen atoms in total. The number of aryl methyl sites for hydroxylation is 2. The maximum absolute atomic E-state index is 12.7. The molecule has 1 unspecified atom stereocenters. The van der Waals surface area contributed by atoms with Gasteiger partial charge in [-0.15, -0.1) is 0 Å². The summed E-state index contributed by atoms with van der Waals surface area (Å²) in [5.41, 5.74) is 4.26. The van der Waals surface area contributed by atoms with Crippen molar-refractivity contribution in [2.24, 2.45) is 0 Å². The molecule has 3 aromatic carbocycles. The Kier molecular flexibility index (Phi) is 5.26. The van der Waals surface area contributed by atoms with Gasteiger partial charge in [-0.25, -0.2) is 0 Å². The monoisotopic (exact) mass is 386 g/mol. The van der Waals surface area contributed by atoms with Gasteiger partial charge in [0.25, 0.3) is 5.91 Å². The lowest BCUT2D eigenvalue weighted by Crippen LogP contribution is -2.30. The number of benzene rings is 3. The minimum Gasteiger partial charge on any atom is -0.481 e. The summed E-state index contributed by atoms with van der Waals surface area (Å²) >= 11 is 0. The summed E-state index contributed by atoms with van der Waals surface area (Å²) in [6.45, 7) is 6.91. The van der Waals surface area contributed by atoms with Crippen LogP contribution in [0.4, 0.5) is 5.69 Å². The number of nitrogens with one attached hydrogen (secondary N) is 1. The Balaban J connectivity index is 1.59. The van der Waals surface area contributed by atoms with E-state index < -0.39 is 6.10 Å². The number of carbonyl (C=O) groups is 1. The highest BCUT2D eigenvalue weighted by Gasteiger charge is 2.17. The van der Waals surface area contributed by atoms with Crippen molar-refractivity contribution in [3.05, 3.63) is 72.3 Å². The van der Waals surface area contributed by atoms with Gasteiger partial charge in [-0.3, -0.25) is 4.79 Å². The molecule has 0 aliphatic rings. The largest absolute Gasteiger partial charge is 0.481 e. The highest BCUT2D eigenvalue weighted by molar-refractivity contribution is 6.10. The number of para-hydroxylation sites is 2. The Morgan fingerprint density at radius 1 is 0.966 bits per heavy atom. The van der Waals surface area contributed by atoms with Gasteiger partial charge in [-0.05, 0) is 56.2 Å². The van der Waals surface area contributed by atoms with Crippen molar-refractivity contribution in [2.45, 2.75) is 39.8 Å². The molecule has 1 amide bonds. The Morgan fingerprint density at radius 3 is 2.48 bits per heavy atom. The first-order valence-electron chi connectivity index (χ1n) is 10.2. The van der Waals surface area contributed by atoms with Gasteiger partial charge in [0.2, 0.25) is 0 Å². The molecule has 0 aliphatic carbocycles. The average Bonchev–Trinajstić information content (AvgIpc) is 3.07. The molecule has 0 spiro atoms. The molecule has 1 aromatic heterocycles. The van der Waals surface area contributed by atoms with Crippen LogP contribution in [0.5, 0.6) is 5.75 Å². The van der Waals surface area contributed by atoms with Crippen LogP contribution < -0.4 is 10.1 Å². The predicted octanol–water partition coefficient (Wildman–Crippen LogP) is 5.78. The number of carbonyl (C=O) groups excluding carboxylic acids is 1. The van der Waals surface area contributed by atoms with Crippen LogP contribution in [0.2, 0.25) is 0 Å². The van der Waals surface area contributed by atoms with E-state index in [9.17, 15) is 4.79 Å². The summed E-state index contributed by atoms with van der Waals surface area (Å²) in [7, 11) is 0. The van der Waals surface area contributed by atoms with Crippen LogP contribution in [0.25, 0.3) is 21.8 Å². The van der Waals surface area contributed by atoms with Crippen LogP contribution in [0, 0.1) is 0 Å². The van der Waals surface area contributed by atoms with E-state index in [1.807, 2.05) is 36.4 Å². The van der Waals surface area contributed by atoms with E-state index in [-0.39, 0.29) is 5.91 Å². The Hall–Kier alpha value is -3.27. The number of fused-ring (bicyclic) bond motifs is 3. The van der Waals surface area contributed by atoms with Crippen LogP contribution in [0.3, 0.4) is 0 Å². The van der Waals surface area contributed by atoms with Crippen molar-refractivity contribution >= 4 is 33.4 Å². The standard InChI is InChI=1S/C25H26N2O2/c1-4-18-10-6-9-13-24(18)29-17(3)25(28)26-19-14-15-23-21(16-19)20-11-7-8-12-22(20)27(23)5-2/h6-17H,4-5H2,1-3H3,(H,26,28). The fourth-order valence-corrected chi connectivity index (χ4v) is 3.87. The van der Waals surface area contributed by atoms with Crippen LogP contribution in [0.15, 0.2) is 66.7 Å². The van der Waals surface area contributed by atoms with Gasteiger partial charge in [0, 0.05) is 34.0 Å². The van der Waals surface area contributed by atoms with E-state index in [1.54, 1.807) is 6.92 Å². The number of anilines is 1. The van der Waals surface area contributed by atoms with E-state index in [0.29, 0.717) is 0 Å². The van der Waals surface area contributed by atoms with Crippen LogP contribution in [-0.4, -0.2) is 16.6 Å². The van der Waals surface area contributed by atoms with Crippen molar-refractivity contribution in [1.29, 1.82) is 0 Å². The van der Waals surface area contributed by atoms with Crippen molar-refractivity contribution in [3.8, 4) is 5.75 Å². The van der Waals surface area contributed by atoms with E-state index in [1.165, 1.54) is 16.4 Å². The third-order valence-electron chi connectivity index (χ3n) is 5.38. The zero-order chi connectivity index (χ0) is 20.4. The molecule has 148 valence electrons. The van der Waals surface area contributed by atoms with Gasteiger partial charge < -0.3 is 14.6 Å². The summed E-state index contributed by atoms with van der Waals surface area (Å²) < 4.78 is 8.23. The fourth-order valence-electron chi connectivity index (χ4n) is 3.87. The smallest absolute Gasteiger partial charge is 0.265 e. The molecule has 0 bridgehead atoms. The molecular formula is C25H26N2O2. The lowest BCUT2D eigenvalue weighted by molar-refractivity contribution is -0.122. The molecule has 0 saturated carbocycles. The van der Waals surface area contributed by atoms with Gasteiger partial charge in [0.05, 0.1) is 0 Å². The molecule has 4 heteroatoms. The Bertz CT molecular complexity index is 1180. The van der Waals surface area contributed by atoms with E-state index in [0.717, 1.165) is 35.4 Å². The molecule has 0 aliphatic heterocycles. The number of rotatable bonds is 6. The summed E-state index contributed by atoms with van der Waals surface area (Å²) in [4.78, 5) is 12.7. The Labute approximate surface area is 171 Å². The second kappa shape index (κ2) is 8.00. The van der Waals surface area contributed by atoms with Crippen molar-refractivity contribution in [2.75, 3.05) is 5.32 Å². The first-order valence-corrected chi connectivity index (χ1v) is 10.2. The highest BCUT2D eigenvalue weighted by Crippen LogP contribution is 2.31. The van der Waals surface area contributed by atoms with Gasteiger partial charge in [-0.1, -0.05) is 43.3 Å². The quantitative estimate of drug-likeness (QED) is 0.456. The first kappa shape index (κ1) is 19.1. The minimum absolute atomic E-state index is 0.158. The lowest BCUT2D eigenvalue weighted by Gasteiger charge is -2.17. The number of hydrogen-bond acceptors (Lipinski definition) is 2. The van der Waals surface area contributed by atoms with Crippen molar-refractivity contribution in [1.82, 2.24) is 4.57 Å². The van der Waals surface area contributed by atoms with Crippen molar-refractivity contribution in [3.63, 3.8) is 0 Å². The summed E-state index contributed by atoms with van der Waals surface area (Å²) in [6.07, 6.45) is 0.276. The number of amides is 1. The molecule has 0 fully saturated rings. The summed E-state index contributed by atoms with van der Waals surface area (Å²) in [6, 6.07) is 22.3. The molecule has 4 rings (SSSR count). The lowest BCUT2D eigenvalue weighted by atomic mass is 10.1. The summed E-state index contributed by atoms with van der Waals surface area (Å²) in [5, 5.41) is 5.35. The normalized spacial score (nSPS) is 12.2. The SMILES string of the molecule is CCc1ccccc1OC(C)C(=O)Nc1ccc2c(c1)c1ccccc1n2CC. The highest BCUT2D eigenvalue weighted by atomic mass is 16.5. The van der Waals surface area contributed by atoms with Crippen molar-refractivity contribution < 1.29 is 9.53 Å².